The molecule has 37 heavy (non-hydrogen) atoms. The van der Waals surface area contributed by atoms with Crippen molar-refractivity contribution in [1.29, 1.82) is 0 Å². The van der Waals surface area contributed by atoms with Crippen molar-refractivity contribution in [3.8, 4) is 11.5 Å². The van der Waals surface area contributed by atoms with E-state index in [1.54, 1.807) is 23.8 Å². The Morgan fingerprint density at radius 2 is 1.78 bits per heavy atom. The molecule has 1 aliphatic rings. The Labute approximate surface area is 228 Å². The van der Waals surface area contributed by atoms with Crippen LogP contribution < -0.4 is 9.64 Å². The summed E-state index contributed by atoms with van der Waals surface area (Å²) < 4.78 is 5.20. The van der Waals surface area contributed by atoms with E-state index >= 15 is 0 Å². The van der Waals surface area contributed by atoms with Crippen molar-refractivity contribution in [2.45, 2.75) is 100 Å². The van der Waals surface area contributed by atoms with E-state index in [0.717, 1.165) is 36.9 Å². The van der Waals surface area contributed by atoms with Gasteiger partial charge in [-0.15, -0.1) is 0 Å². The summed E-state index contributed by atoms with van der Waals surface area (Å²) in [5.74, 6) is 1.07. The molecule has 1 aromatic carbocycles. The van der Waals surface area contributed by atoms with E-state index in [1.807, 2.05) is 38.8 Å². The van der Waals surface area contributed by atoms with Crippen molar-refractivity contribution >= 4 is 5.69 Å². The van der Waals surface area contributed by atoms with Crippen molar-refractivity contribution in [2.24, 2.45) is 11.8 Å². The van der Waals surface area contributed by atoms with Gasteiger partial charge in [0.1, 0.15) is 6.23 Å². The molecule has 1 aromatic rings. The second-order valence-corrected chi connectivity index (χ2v) is 9.46. The van der Waals surface area contributed by atoms with E-state index in [2.05, 4.69) is 53.3 Å². The molecule has 0 bridgehead atoms. The maximum absolute atomic E-state index is 11.2. The van der Waals surface area contributed by atoms with Crippen LogP contribution in [-0.2, 0) is 0 Å². The highest BCUT2D eigenvalue weighted by molar-refractivity contribution is 5.61. The molecule has 0 saturated heterocycles. The summed E-state index contributed by atoms with van der Waals surface area (Å²) >= 11 is 0. The van der Waals surface area contributed by atoms with Gasteiger partial charge < -0.3 is 19.8 Å². The molecule has 1 aliphatic carbocycles. The first-order chi connectivity index (χ1) is 17.7. The van der Waals surface area contributed by atoms with Crippen LogP contribution in [0.2, 0.25) is 0 Å². The zero-order valence-electron chi connectivity index (χ0n) is 25.4. The third-order valence-electron chi connectivity index (χ3n) is 7.08. The predicted octanol–water partition coefficient (Wildman–Crippen LogP) is 9.13. The highest BCUT2D eigenvalue weighted by Gasteiger charge is 2.25. The van der Waals surface area contributed by atoms with Crippen LogP contribution in [0, 0.1) is 18.8 Å². The lowest BCUT2D eigenvalue weighted by molar-refractivity contribution is 0.105. The minimum atomic E-state index is -0.677. The fourth-order valence-corrected chi connectivity index (χ4v) is 4.39. The summed E-state index contributed by atoms with van der Waals surface area (Å²) in [4.78, 5) is 1.85. The third-order valence-corrected chi connectivity index (χ3v) is 7.08. The van der Waals surface area contributed by atoms with Crippen molar-refractivity contribution in [2.75, 3.05) is 19.1 Å². The van der Waals surface area contributed by atoms with Gasteiger partial charge in [-0.1, -0.05) is 83.6 Å². The number of aliphatic hydroxyl groups is 1. The maximum atomic E-state index is 11.2. The van der Waals surface area contributed by atoms with Crippen molar-refractivity contribution in [3.63, 3.8) is 0 Å². The molecule has 1 fully saturated rings. The molecule has 0 amide bonds. The molecule has 0 radical (unpaired) electrons. The van der Waals surface area contributed by atoms with E-state index in [-0.39, 0.29) is 11.7 Å². The lowest BCUT2D eigenvalue weighted by Gasteiger charge is -2.34. The monoisotopic (exact) mass is 513 g/mol. The Hall–Kier alpha value is -2.46. The number of anilines is 1. The van der Waals surface area contributed by atoms with Crippen LogP contribution in [-0.4, -0.2) is 30.6 Å². The van der Waals surface area contributed by atoms with Crippen LogP contribution in [0.3, 0.4) is 0 Å². The van der Waals surface area contributed by atoms with Gasteiger partial charge in [-0.3, -0.25) is 0 Å². The summed E-state index contributed by atoms with van der Waals surface area (Å²) in [7, 11) is 3.41. The first kappa shape index (κ1) is 34.5. The van der Waals surface area contributed by atoms with E-state index in [9.17, 15) is 10.2 Å². The van der Waals surface area contributed by atoms with Gasteiger partial charge in [0.2, 0.25) is 0 Å². The molecule has 4 nitrogen and oxygen atoms in total. The third kappa shape index (κ3) is 11.2. The summed E-state index contributed by atoms with van der Waals surface area (Å²) in [6, 6.07) is 3.46. The summed E-state index contributed by atoms with van der Waals surface area (Å²) in [6.45, 7) is 20.7. The SMILES string of the molecule is C=C/C=C\C(CC(CC)C(O)N(C)c1cc(O)c(OC)cc1C)=C(\CC)C(C)CC.CC.CC=C1CC1. The lowest BCUT2D eigenvalue weighted by atomic mass is 9.85. The molecule has 2 N–H and O–H groups in total. The first-order valence-electron chi connectivity index (χ1n) is 14.1. The second-order valence-electron chi connectivity index (χ2n) is 9.46. The fraction of sp³-hybridized carbons (Fsp3) is 0.576. The molecule has 0 aliphatic heterocycles. The molecule has 210 valence electrons. The smallest absolute Gasteiger partial charge is 0.160 e. The summed E-state index contributed by atoms with van der Waals surface area (Å²) in [6.07, 6.45) is 13.9. The number of allylic oxidation sites excluding steroid dienone is 7. The minimum Gasteiger partial charge on any atom is -0.504 e. The Morgan fingerprint density at radius 3 is 2.19 bits per heavy atom. The van der Waals surface area contributed by atoms with Crippen LogP contribution in [0.4, 0.5) is 5.69 Å². The number of hydrogen-bond donors (Lipinski definition) is 2. The molecular formula is C33H55NO3. The Kier molecular flexibility index (Phi) is 17.5. The highest BCUT2D eigenvalue weighted by atomic mass is 16.5. The minimum absolute atomic E-state index is 0.0497. The quantitative estimate of drug-likeness (QED) is 0.166. The van der Waals surface area contributed by atoms with E-state index in [1.165, 1.54) is 31.1 Å². The number of aryl methyl sites for hydroxylation is 1. The van der Waals surface area contributed by atoms with E-state index in [4.69, 9.17) is 4.74 Å². The predicted molar refractivity (Wildman–Crippen MR) is 163 cm³/mol. The number of ether oxygens (including phenoxy) is 1. The Morgan fingerprint density at radius 1 is 1.16 bits per heavy atom. The second kappa shape index (κ2) is 18.7. The number of aliphatic hydroxyl groups excluding tert-OH is 1. The number of nitrogens with zero attached hydrogens (tertiary/aromatic N) is 1. The van der Waals surface area contributed by atoms with Crippen molar-refractivity contribution < 1.29 is 14.9 Å². The zero-order chi connectivity index (χ0) is 28.5. The Bertz CT molecular complexity index is 891. The van der Waals surface area contributed by atoms with Crippen LogP contribution in [0.5, 0.6) is 11.5 Å². The topological polar surface area (TPSA) is 52.9 Å². The molecule has 1 saturated carbocycles. The number of benzene rings is 1. The standard InChI is InChI=1S/C26H41NO3.C5H8.C2H6/c1-9-13-14-21(22(12-4)18(5)10-2)16-20(11-3)26(29)27(7)23-17-24(28)25(30-8)15-19(23)6;1-2-5-3-4-5;1-2/h9,13-15,17-18,20,26,28-29H,1,10-12,16H2,2-8H3;2H,3-4H2,1H3;1-2H3/b14-13-,22-21+;;. The number of phenols is 1. The average molecular weight is 514 g/mol. The first-order valence-corrected chi connectivity index (χ1v) is 14.1. The van der Waals surface area contributed by atoms with E-state index < -0.39 is 6.23 Å². The van der Waals surface area contributed by atoms with Crippen molar-refractivity contribution in [3.05, 3.63) is 65.3 Å². The van der Waals surface area contributed by atoms with Gasteiger partial charge in [0.15, 0.2) is 11.5 Å². The molecule has 0 heterocycles. The van der Waals surface area contributed by atoms with Gasteiger partial charge in [0, 0.05) is 24.7 Å². The lowest BCUT2D eigenvalue weighted by Crippen LogP contribution is -2.38. The molecule has 3 unspecified atom stereocenters. The molecule has 4 heteroatoms. The molecule has 0 spiro atoms. The van der Waals surface area contributed by atoms with Gasteiger partial charge >= 0.3 is 0 Å². The van der Waals surface area contributed by atoms with E-state index in [0.29, 0.717) is 11.7 Å². The summed E-state index contributed by atoms with van der Waals surface area (Å²) in [5.41, 5.74) is 6.11. The van der Waals surface area contributed by atoms with Crippen LogP contribution in [0.25, 0.3) is 0 Å². The Balaban J connectivity index is 0.00000161. The van der Waals surface area contributed by atoms with Gasteiger partial charge in [-0.05, 0) is 75.5 Å². The van der Waals surface area contributed by atoms with Gasteiger partial charge in [0.05, 0.1) is 7.11 Å². The zero-order valence-corrected chi connectivity index (χ0v) is 25.4. The number of rotatable bonds is 12. The van der Waals surface area contributed by atoms with Crippen LogP contribution >= 0.6 is 0 Å². The maximum Gasteiger partial charge on any atom is 0.160 e. The fourth-order valence-electron chi connectivity index (χ4n) is 4.39. The molecule has 0 aromatic heterocycles. The number of hydrogen-bond acceptors (Lipinski definition) is 4. The molecule has 3 atom stereocenters. The largest absolute Gasteiger partial charge is 0.504 e. The van der Waals surface area contributed by atoms with Crippen LogP contribution in [0.15, 0.2) is 59.7 Å². The summed E-state index contributed by atoms with van der Waals surface area (Å²) in [5, 5.41) is 21.5. The number of phenolic OH excluding ortho intramolecular Hbond substituents is 1. The molecular weight excluding hydrogens is 458 g/mol. The normalized spacial score (nSPS) is 15.3. The average Bonchev–Trinajstić information content (AvgIpc) is 3.76. The molecule has 2 rings (SSSR count). The highest BCUT2D eigenvalue weighted by Crippen LogP contribution is 2.36. The van der Waals surface area contributed by atoms with Gasteiger partial charge in [0.25, 0.3) is 0 Å². The number of methoxy groups -OCH3 is 1. The van der Waals surface area contributed by atoms with Gasteiger partial charge in [-0.2, -0.15) is 0 Å². The van der Waals surface area contributed by atoms with Crippen LogP contribution in [0.1, 0.15) is 92.6 Å². The van der Waals surface area contributed by atoms with Gasteiger partial charge in [-0.25, -0.2) is 0 Å². The van der Waals surface area contributed by atoms with Crippen molar-refractivity contribution in [1.82, 2.24) is 0 Å². The number of aromatic hydroxyl groups is 1.